The van der Waals surface area contributed by atoms with E-state index in [4.69, 9.17) is 0 Å². The first-order valence-corrected chi connectivity index (χ1v) is 13.7. The second-order valence-corrected chi connectivity index (χ2v) is 11.4. The van der Waals surface area contributed by atoms with Crippen LogP contribution in [-0.2, 0) is 9.84 Å². The second kappa shape index (κ2) is 8.05. The third kappa shape index (κ3) is 3.45. The fraction of sp³-hybridized carbons (Fsp3) is 0.0303. The van der Waals surface area contributed by atoms with Crippen molar-refractivity contribution in [1.82, 2.24) is 0 Å². The summed E-state index contributed by atoms with van der Waals surface area (Å²) in [6.07, 6.45) is 0. The average Bonchev–Trinajstić information content (AvgIpc) is 2.95. The van der Waals surface area contributed by atoms with Crippen molar-refractivity contribution in [3.8, 4) is 22.3 Å². The van der Waals surface area contributed by atoms with Gasteiger partial charge in [-0.3, -0.25) is 0 Å². The van der Waals surface area contributed by atoms with Crippen LogP contribution in [0.15, 0.2) is 131 Å². The first-order valence-electron chi connectivity index (χ1n) is 12.2. The Kier molecular flexibility index (Phi) is 4.75. The Morgan fingerprint density at radius 2 is 0.838 bits per heavy atom. The summed E-state index contributed by atoms with van der Waals surface area (Å²) in [4.78, 5) is 2.65. The predicted octanol–water partition coefficient (Wildman–Crippen LogP) is 8.24. The van der Waals surface area contributed by atoms with Crippen LogP contribution in [0.2, 0.25) is 0 Å². The lowest BCUT2D eigenvalue weighted by Crippen LogP contribution is -2.22. The number of nitrogens with zero attached hydrogens (tertiary/aromatic N) is 1. The van der Waals surface area contributed by atoms with Crippen LogP contribution in [0.1, 0.15) is 0 Å². The van der Waals surface area contributed by atoms with Crippen molar-refractivity contribution in [2.45, 2.75) is 9.79 Å². The third-order valence-corrected chi connectivity index (χ3v) is 9.20. The Bertz CT molecular complexity index is 1840. The molecule has 0 aliphatic carbocycles. The van der Waals surface area contributed by atoms with E-state index in [0.29, 0.717) is 21.2 Å². The SMILES string of the molecule is CN1c2ccc(-c3ccc4ccccc4c3)cc2S(=O)(=O)c2cc(-c3ccc4ccccc4c3)ccc21. The van der Waals surface area contributed by atoms with E-state index in [1.54, 1.807) is 0 Å². The molecule has 0 amide bonds. The lowest BCUT2D eigenvalue weighted by molar-refractivity contribution is 0.594. The van der Waals surface area contributed by atoms with E-state index < -0.39 is 9.84 Å². The maximum absolute atomic E-state index is 14.0. The average molecular weight is 498 g/mol. The van der Waals surface area contributed by atoms with Gasteiger partial charge < -0.3 is 4.90 Å². The number of sulfone groups is 1. The smallest absolute Gasteiger partial charge is 0.210 e. The van der Waals surface area contributed by atoms with Gasteiger partial charge in [-0.1, -0.05) is 84.9 Å². The quantitative estimate of drug-likeness (QED) is 0.242. The second-order valence-electron chi connectivity index (χ2n) is 9.55. The highest BCUT2D eigenvalue weighted by atomic mass is 32.2. The fourth-order valence-electron chi connectivity index (χ4n) is 5.36. The molecule has 0 saturated carbocycles. The molecule has 0 atom stereocenters. The third-order valence-electron chi connectivity index (χ3n) is 7.39. The van der Waals surface area contributed by atoms with Crippen molar-refractivity contribution in [2.75, 3.05) is 11.9 Å². The summed E-state index contributed by atoms with van der Waals surface area (Å²) in [5.41, 5.74) is 5.14. The molecule has 0 N–H and O–H groups in total. The zero-order chi connectivity index (χ0) is 25.1. The van der Waals surface area contributed by atoms with E-state index in [1.807, 2.05) is 72.6 Å². The molecule has 4 heteroatoms. The van der Waals surface area contributed by atoms with Gasteiger partial charge in [0.2, 0.25) is 9.84 Å². The predicted molar refractivity (Wildman–Crippen MR) is 152 cm³/mol. The molecular formula is C33H23NO2S. The summed E-state index contributed by atoms with van der Waals surface area (Å²) in [5, 5.41) is 4.57. The highest BCUT2D eigenvalue weighted by molar-refractivity contribution is 7.92. The maximum atomic E-state index is 14.0. The fourth-order valence-corrected chi connectivity index (χ4v) is 7.12. The first-order chi connectivity index (χ1) is 18.0. The van der Waals surface area contributed by atoms with Gasteiger partial charge >= 0.3 is 0 Å². The molecule has 0 spiro atoms. The normalized spacial score (nSPS) is 13.9. The van der Waals surface area contributed by atoms with Crippen molar-refractivity contribution < 1.29 is 8.42 Å². The Labute approximate surface area is 216 Å². The van der Waals surface area contributed by atoms with Gasteiger partial charge in [0.1, 0.15) is 0 Å². The number of fused-ring (bicyclic) bond motifs is 4. The Hall–Kier alpha value is -4.41. The highest BCUT2D eigenvalue weighted by Gasteiger charge is 2.33. The molecule has 0 unspecified atom stereocenters. The molecule has 6 aromatic rings. The molecule has 0 saturated heterocycles. The highest BCUT2D eigenvalue weighted by Crippen LogP contribution is 2.46. The van der Waals surface area contributed by atoms with E-state index in [-0.39, 0.29) is 0 Å². The van der Waals surface area contributed by atoms with Crippen molar-refractivity contribution in [1.29, 1.82) is 0 Å². The topological polar surface area (TPSA) is 37.4 Å². The van der Waals surface area contributed by atoms with Crippen LogP contribution in [-0.4, -0.2) is 15.5 Å². The molecule has 37 heavy (non-hydrogen) atoms. The summed E-state index contributed by atoms with van der Waals surface area (Å²) >= 11 is 0. The molecule has 0 bridgehead atoms. The van der Waals surface area contributed by atoms with Gasteiger partial charge in [0.05, 0.1) is 21.2 Å². The zero-order valence-corrected chi connectivity index (χ0v) is 21.0. The van der Waals surface area contributed by atoms with Crippen molar-refractivity contribution >= 4 is 42.8 Å². The van der Waals surface area contributed by atoms with Crippen LogP contribution in [0, 0.1) is 0 Å². The maximum Gasteiger partial charge on any atom is 0.210 e. The summed E-state index contributed by atoms with van der Waals surface area (Å²) in [6, 6.07) is 40.3. The number of hydrogen-bond donors (Lipinski definition) is 0. The number of benzene rings is 6. The van der Waals surface area contributed by atoms with Gasteiger partial charge in [0, 0.05) is 7.05 Å². The van der Waals surface area contributed by atoms with E-state index in [0.717, 1.165) is 43.8 Å². The minimum atomic E-state index is -3.72. The van der Waals surface area contributed by atoms with E-state index in [9.17, 15) is 8.42 Å². The molecular weight excluding hydrogens is 474 g/mol. The molecule has 0 fully saturated rings. The molecule has 0 aromatic heterocycles. The summed E-state index contributed by atoms with van der Waals surface area (Å²) in [5.74, 6) is 0. The molecule has 1 aliphatic rings. The van der Waals surface area contributed by atoms with Gasteiger partial charge in [0.15, 0.2) is 0 Å². The first kappa shape index (κ1) is 21.8. The van der Waals surface area contributed by atoms with Crippen LogP contribution < -0.4 is 4.90 Å². The Morgan fingerprint density at radius 1 is 0.459 bits per heavy atom. The van der Waals surface area contributed by atoms with E-state index in [2.05, 4.69) is 60.7 Å². The van der Waals surface area contributed by atoms with E-state index in [1.165, 1.54) is 0 Å². The van der Waals surface area contributed by atoms with Gasteiger partial charge in [0.25, 0.3) is 0 Å². The van der Waals surface area contributed by atoms with Crippen molar-refractivity contribution in [3.63, 3.8) is 0 Å². The van der Waals surface area contributed by atoms with Gasteiger partial charge in [-0.25, -0.2) is 8.42 Å². The van der Waals surface area contributed by atoms with E-state index >= 15 is 0 Å². The number of anilines is 2. The molecule has 3 nitrogen and oxygen atoms in total. The summed E-state index contributed by atoms with van der Waals surface area (Å²) in [6.45, 7) is 0. The van der Waals surface area contributed by atoms with Crippen molar-refractivity contribution in [2.24, 2.45) is 0 Å². The molecule has 7 rings (SSSR count). The molecule has 1 heterocycles. The summed E-state index contributed by atoms with van der Waals surface area (Å²) in [7, 11) is -1.79. The monoisotopic (exact) mass is 497 g/mol. The number of hydrogen-bond acceptors (Lipinski definition) is 3. The largest absolute Gasteiger partial charge is 0.342 e. The van der Waals surface area contributed by atoms with Crippen LogP contribution >= 0.6 is 0 Å². The zero-order valence-electron chi connectivity index (χ0n) is 20.2. The molecule has 0 radical (unpaired) electrons. The standard InChI is InChI=1S/C33H23NO2S/c1-34-30-16-14-28(26-12-10-22-6-2-4-8-24(22)18-26)20-32(30)37(35,36)33-21-29(15-17-31(33)34)27-13-11-23-7-3-5-9-25(23)19-27/h2-21H,1H3. The number of rotatable bonds is 2. The lowest BCUT2D eigenvalue weighted by Gasteiger charge is -2.30. The lowest BCUT2D eigenvalue weighted by atomic mass is 10.00. The van der Waals surface area contributed by atoms with Crippen LogP contribution in [0.25, 0.3) is 43.8 Å². The van der Waals surface area contributed by atoms with Crippen LogP contribution in [0.5, 0.6) is 0 Å². The molecule has 178 valence electrons. The summed E-state index contributed by atoms with van der Waals surface area (Å²) < 4.78 is 28.0. The molecule has 1 aliphatic heterocycles. The van der Waals surface area contributed by atoms with Gasteiger partial charge in [-0.15, -0.1) is 0 Å². The van der Waals surface area contributed by atoms with Crippen LogP contribution in [0.3, 0.4) is 0 Å². The van der Waals surface area contributed by atoms with Crippen LogP contribution in [0.4, 0.5) is 11.4 Å². The Morgan fingerprint density at radius 3 is 1.30 bits per heavy atom. The van der Waals surface area contributed by atoms with Crippen molar-refractivity contribution in [3.05, 3.63) is 121 Å². The minimum Gasteiger partial charge on any atom is -0.342 e. The Balaban J connectivity index is 1.36. The van der Waals surface area contributed by atoms with Gasteiger partial charge in [-0.05, 0) is 80.2 Å². The van der Waals surface area contributed by atoms with Gasteiger partial charge in [-0.2, -0.15) is 0 Å². The minimum absolute atomic E-state index is 0.337. The molecule has 6 aromatic carbocycles.